The molecule has 3 rings (SSSR count). The van der Waals surface area contributed by atoms with E-state index < -0.39 is 5.60 Å². The van der Waals surface area contributed by atoms with Crippen molar-refractivity contribution in [1.29, 1.82) is 0 Å². The Bertz CT molecular complexity index is 868. The number of H-pyrrole nitrogens is 1. The maximum Gasteiger partial charge on any atom is 0.410 e. The first-order chi connectivity index (χ1) is 14.2. The van der Waals surface area contributed by atoms with Crippen LogP contribution in [-0.4, -0.2) is 69.3 Å². The fraction of sp³-hybridized carbons (Fsp3) is 0.500. The van der Waals surface area contributed by atoms with Gasteiger partial charge < -0.3 is 19.5 Å². The van der Waals surface area contributed by atoms with Gasteiger partial charge in [0, 0.05) is 38.3 Å². The molecular weight excluding hydrogens is 400 g/mol. The van der Waals surface area contributed by atoms with Crippen LogP contribution in [-0.2, 0) is 16.0 Å². The first kappa shape index (κ1) is 22.2. The molecule has 0 spiro atoms. The summed E-state index contributed by atoms with van der Waals surface area (Å²) < 4.78 is 5.40. The van der Waals surface area contributed by atoms with Gasteiger partial charge in [0.1, 0.15) is 5.60 Å². The number of amides is 2. The van der Waals surface area contributed by atoms with Crippen LogP contribution in [0.15, 0.2) is 35.5 Å². The number of hydrogen-bond acceptors (Lipinski definition) is 5. The molecule has 1 aromatic heterocycles. The number of aryl methyl sites for hydroxylation is 1. The number of nitrogens with zero attached hydrogens (tertiary/aromatic N) is 3. The minimum atomic E-state index is -0.513. The average molecular weight is 431 g/mol. The summed E-state index contributed by atoms with van der Waals surface area (Å²) in [5.74, 6) is 0.381. The molecule has 0 saturated carbocycles. The van der Waals surface area contributed by atoms with Crippen LogP contribution in [0.4, 0.5) is 4.79 Å². The van der Waals surface area contributed by atoms with Crippen molar-refractivity contribution in [1.82, 2.24) is 19.8 Å². The van der Waals surface area contributed by atoms with Gasteiger partial charge in [-0.3, -0.25) is 4.79 Å². The smallest absolute Gasteiger partial charge is 0.410 e. The van der Waals surface area contributed by atoms with Crippen molar-refractivity contribution in [2.75, 3.05) is 31.9 Å². The number of benzene rings is 1. The average Bonchev–Trinajstić information content (AvgIpc) is 3.05. The van der Waals surface area contributed by atoms with E-state index in [1.165, 1.54) is 17.3 Å². The van der Waals surface area contributed by atoms with Gasteiger partial charge in [0.15, 0.2) is 5.16 Å². The summed E-state index contributed by atoms with van der Waals surface area (Å²) in [4.78, 5) is 36.1. The quantitative estimate of drug-likeness (QED) is 0.735. The molecule has 2 aromatic rings. The topological polar surface area (TPSA) is 78.5 Å². The predicted octanol–water partition coefficient (Wildman–Crippen LogP) is 3.48. The van der Waals surface area contributed by atoms with Crippen molar-refractivity contribution in [2.24, 2.45) is 0 Å². The van der Waals surface area contributed by atoms with E-state index in [1.54, 1.807) is 9.80 Å². The van der Waals surface area contributed by atoms with Crippen LogP contribution in [0.3, 0.4) is 0 Å². The number of piperazine rings is 1. The van der Waals surface area contributed by atoms with Crippen LogP contribution in [0.5, 0.6) is 0 Å². The van der Waals surface area contributed by atoms with Crippen molar-refractivity contribution < 1.29 is 14.3 Å². The number of carbonyl (C=O) groups excluding carboxylic acids is 2. The number of thioether (sulfide) groups is 1. The normalized spacial score (nSPS) is 14.7. The highest BCUT2D eigenvalue weighted by atomic mass is 32.2. The SMILES string of the molecule is Cc1[nH]c(SCC(=O)N2CCN(C(=O)OC(C)(C)C)CC2)nc1Cc1ccccc1. The van der Waals surface area contributed by atoms with Crippen LogP contribution in [0.1, 0.15) is 37.7 Å². The summed E-state index contributed by atoms with van der Waals surface area (Å²) in [7, 11) is 0. The number of aromatic nitrogens is 2. The van der Waals surface area contributed by atoms with Crippen LogP contribution >= 0.6 is 11.8 Å². The van der Waals surface area contributed by atoms with Crippen molar-refractivity contribution in [3.63, 3.8) is 0 Å². The molecule has 0 aliphatic carbocycles. The lowest BCUT2D eigenvalue weighted by Gasteiger charge is -2.35. The minimum absolute atomic E-state index is 0.0579. The molecule has 1 aliphatic heterocycles. The van der Waals surface area contributed by atoms with E-state index in [9.17, 15) is 9.59 Å². The lowest BCUT2D eigenvalue weighted by Crippen LogP contribution is -2.52. The Morgan fingerprint density at radius 3 is 2.37 bits per heavy atom. The van der Waals surface area contributed by atoms with Crippen molar-refractivity contribution >= 4 is 23.8 Å². The van der Waals surface area contributed by atoms with Gasteiger partial charge in [0.2, 0.25) is 5.91 Å². The second kappa shape index (κ2) is 9.55. The molecule has 8 heteroatoms. The highest BCUT2D eigenvalue weighted by molar-refractivity contribution is 7.99. The van der Waals surface area contributed by atoms with E-state index >= 15 is 0 Å². The molecule has 0 atom stereocenters. The molecule has 1 N–H and O–H groups in total. The summed E-state index contributed by atoms with van der Waals surface area (Å²) >= 11 is 1.42. The molecular formula is C22H30N4O3S. The number of hydrogen-bond donors (Lipinski definition) is 1. The number of rotatable bonds is 5. The zero-order valence-corrected chi connectivity index (χ0v) is 18.9. The van der Waals surface area contributed by atoms with E-state index in [1.807, 2.05) is 45.9 Å². The molecule has 1 fully saturated rings. The lowest BCUT2D eigenvalue weighted by molar-refractivity contribution is -0.130. The first-order valence-electron chi connectivity index (χ1n) is 10.2. The number of carbonyl (C=O) groups is 2. The zero-order chi connectivity index (χ0) is 21.7. The molecule has 1 aromatic carbocycles. The second-order valence-corrected chi connectivity index (χ2v) is 9.38. The molecule has 1 saturated heterocycles. The number of aromatic amines is 1. The largest absolute Gasteiger partial charge is 0.444 e. The van der Waals surface area contributed by atoms with Crippen molar-refractivity contribution in [2.45, 2.75) is 44.9 Å². The Morgan fingerprint density at radius 1 is 1.10 bits per heavy atom. The number of imidazole rings is 1. The van der Waals surface area contributed by atoms with Gasteiger partial charge in [0.25, 0.3) is 0 Å². The summed E-state index contributed by atoms with van der Waals surface area (Å²) in [5.41, 5.74) is 2.73. The third kappa shape index (κ3) is 6.26. The highest BCUT2D eigenvalue weighted by Gasteiger charge is 2.27. The van der Waals surface area contributed by atoms with Gasteiger partial charge in [-0.15, -0.1) is 0 Å². The summed E-state index contributed by atoms with van der Waals surface area (Å²) in [5, 5.41) is 0.763. The Kier molecular flexibility index (Phi) is 7.07. The van der Waals surface area contributed by atoms with Crippen molar-refractivity contribution in [3.05, 3.63) is 47.3 Å². The van der Waals surface area contributed by atoms with Gasteiger partial charge in [-0.05, 0) is 33.3 Å². The Hall–Kier alpha value is -2.48. The molecule has 30 heavy (non-hydrogen) atoms. The van der Waals surface area contributed by atoms with E-state index in [0.717, 1.165) is 23.0 Å². The van der Waals surface area contributed by atoms with E-state index in [2.05, 4.69) is 22.1 Å². The van der Waals surface area contributed by atoms with Gasteiger partial charge in [-0.25, -0.2) is 9.78 Å². The van der Waals surface area contributed by atoms with Crippen LogP contribution in [0, 0.1) is 6.92 Å². The molecule has 162 valence electrons. The molecule has 0 bridgehead atoms. The Labute approximate surface area is 182 Å². The van der Waals surface area contributed by atoms with E-state index in [-0.39, 0.29) is 12.0 Å². The zero-order valence-electron chi connectivity index (χ0n) is 18.1. The van der Waals surface area contributed by atoms with Crippen LogP contribution in [0.25, 0.3) is 0 Å². The van der Waals surface area contributed by atoms with Gasteiger partial charge in [-0.1, -0.05) is 42.1 Å². The third-order valence-corrected chi connectivity index (χ3v) is 5.65. The predicted molar refractivity (Wildman–Crippen MR) is 118 cm³/mol. The second-order valence-electron chi connectivity index (χ2n) is 8.41. The maximum absolute atomic E-state index is 12.6. The van der Waals surface area contributed by atoms with Gasteiger partial charge in [0.05, 0.1) is 11.4 Å². The number of ether oxygens (including phenoxy) is 1. The molecule has 7 nitrogen and oxygen atoms in total. The molecule has 2 amide bonds. The fourth-order valence-electron chi connectivity index (χ4n) is 3.18. The molecule has 1 aliphatic rings. The maximum atomic E-state index is 12.6. The Balaban J connectivity index is 1.46. The van der Waals surface area contributed by atoms with Gasteiger partial charge >= 0.3 is 6.09 Å². The molecule has 0 unspecified atom stereocenters. The lowest BCUT2D eigenvalue weighted by atomic mass is 10.1. The summed E-state index contributed by atoms with van der Waals surface area (Å²) in [6, 6.07) is 10.2. The third-order valence-electron chi connectivity index (χ3n) is 4.79. The summed E-state index contributed by atoms with van der Waals surface area (Å²) in [6.45, 7) is 9.59. The van der Waals surface area contributed by atoms with Gasteiger partial charge in [-0.2, -0.15) is 0 Å². The molecule has 2 heterocycles. The minimum Gasteiger partial charge on any atom is -0.444 e. The van der Waals surface area contributed by atoms with Crippen molar-refractivity contribution in [3.8, 4) is 0 Å². The first-order valence-corrected chi connectivity index (χ1v) is 11.2. The Morgan fingerprint density at radius 2 is 1.73 bits per heavy atom. The standard InChI is InChI=1S/C22H30N4O3S/c1-16-18(14-17-8-6-5-7-9-17)24-20(23-16)30-15-19(27)25-10-12-26(13-11-25)21(28)29-22(2,3)4/h5-9H,10-15H2,1-4H3,(H,23,24). The monoisotopic (exact) mass is 430 g/mol. The number of nitrogens with one attached hydrogen (secondary N) is 1. The highest BCUT2D eigenvalue weighted by Crippen LogP contribution is 2.20. The fourth-order valence-corrected chi connectivity index (χ4v) is 4.03. The van der Waals surface area contributed by atoms with Crippen LogP contribution < -0.4 is 0 Å². The van der Waals surface area contributed by atoms with Crippen LogP contribution in [0.2, 0.25) is 0 Å². The van der Waals surface area contributed by atoms with E-state index in [4.69, 9.17) is 4.74 Å². The molecule has 0 radical (unpaired) electrons. The summed E-state index contributed by atoms with van der Waals surface area (Å²) in [6.07, 6.45) is 0.450. The van der Waals surface area contributed by atoms with E-state index in [0.29, 0.717) is 31.9 Å².